The predicted molar refractivity (Wildman–Crippen MR) is 113 cm³/mol. The van der Waals surface area contributed by atoms with Gasteiger partial charge in [0.05, 0.1) is 19.3 Å². The van der Waals surface area contributed by atoms with Gasteiger partial charge in [-0.3, -0.25) is 4.99 Å². The molecule has 8 heteroatoms. The van der Waals surface area contributed by atoms with Gasteiger partial charge in [0.1, 0.15) is 0 Å². The average molecular weight is 472 g/mol. The molecule has 25 heavy (non-hydrogen) atoms. The molecule has 150 valence electrons. The largest absolute Gasteiger partial charge is 0.383 e. The predicted octanol–water partition coefficient (Wildman–Crippen LogP) is 1.32. The first-order valence-electron chi connectivity index (χ1n) is 9.07. The van der Waals surface area contributed by atoms with Crippen molar-refractivity contribution in [1.29, 1.82) is 0 Å². The van der Waals surface area contributed by atoms with Gasteiger partial charge < -0.3 is 29.7 Å². The van der Waals surface area contributed by atoms with Crippen molar-refractivity contribution in [1.82, 2.24) is 15.5 Å². The minimum Gasteiger partial charge on any atom is -0.383 e. The third-order valence-electron chi connectivity index (χ3n) is 4.00. The molecule has 2 N–H and O–H groups in total. The zero-order valence-electron chi connectivity index (χ0n) is 16.1. The number of ether oxygens (including phenoxy) is 3. The molecule has 0 aromatic carbocycles. The zero-order valence-corrected chi connectivity index (χ0v) is 18.4. The molecule has 0 amide bonds. The van der Waals surface area contributed by atoms with E-state index in [4.69, 9.17) is 14.2 Å². The van der Waals surface area contributed by atoms with Crippen LogP contribution in [0.15, 0.2) is 4.99 Å². The molecule has 0 radical (unpaired) electrons. The number of rotatable bonds is 13. The molecule has 1 heterocycles. The van der Waals surface area contributed by atoms with Gasteiger partial charge in [0, 0.05) is 47.0 Å². The molecule has 0 bridgehead atoms. The number of nitrogens with zero attached hydrogens (tertiary/aromatic N) is 2. The first-order valence-corrected chi connectivity index (χ1v) is 9.07. The maximum Gasteiger partial charge on any atom is 0.190 e. The SMILES string of the molecule is CN=C(NCCCOCC1CCCO1)NCCCN(C)CCOC.I. The summed E-state index contributed by atoms with van der Waals surface area (Å²) >= 11 is 0. The Morgan fingerprint density at radius 3 is 2.60 bits per heavy atom. The monoisotopic (exact) mass is 472 g/mol. The summed E-state index contributed by atoms with van der Waals surface area (Å²) in [5.41, 5.74) is 0. The van der Waals surface area contributed by atoms with Crippen LogP contribution < -0.4 is 10.6 Å². The number of methoxy groups -OCH3 is 1. The van der Waals surface area contributed by atoms with Crippen molar-refractivity contribution in [3.8, 4) is 0 Å². The maximum absolute atomic E-state index is 5.65. The van der Waals surface area contributed by atoms with Gasteiger partial charge in [0.2, 0.25) is 0 Å². The van der Waals surface area contributed by atoms with Crippen molar-refractivity contribution in [3.63, 3.8) is 0 Å². The standard InChI is InChI=1S/C17H36N4O3.HI/c1-18-17(19-8-5-10-21(2)11-14-22-3)20-9-6-12-23-15-16-7-4-13-24-16;/h16H,4-15H2,1-3H3,(H2,18,19,20);1H. The Kier molecular flexibility index (Phi) is 17.2. The summed E-state index contributed by atoms with van der Waals surface area (Å²) in [6, 6.07) is 0. The van der Waals surface area contributed by atoms with E-state index in [-0.39, 0.29) is 24.0 Å². The number of guanidine groups is 1. The number of hydrogen-bond acceptors (Lipinski definition) is 5. The number of aliphatic imine (C=N–C) groups is 1. The van der Waals surface area contributed by atoms with Crippen molar-refractivity contribution >= 4 is 29.9 Å². The third-order valence-corrected chi connectivity index (χ3v) is 4.00. The van der Waals surface area contributed by atoms with E-state index in [9.17, 15) is 0 Å². The highest BCUT2D eigenvalue weighted by Gasteiger charge is 2.14. The minimum atomic E-state index is 0. The molecule has 0 saturated carbocycles. The van der Waals surface area contributed by atoms with E-state index in [0.29, 0.717) is 6.10 Å². The van der Waals surface area contributed by atoms with Gasteiger partial charge in [-0.25, -0.2) is 0 Å². The lowest BCUT2D eigenvalue weighted by atomic mass is 10.2. The van der Waals surface area contributed by atoms with Gasteiger partial charge in [0.25, 0.3) is 0 Å². The van der Waals surface area contributed by atoms with Crippen LogP contribution in [0.2, 0.25) is 0 Å². The summed E-state index contributed by atoms with van der Waals surface area (Å²) in [6.45, 7) is 6.94. The van der Waals surface area contributed by atoms with E-state index in [1.807, 2.05) is 0 Å². The Morgan fingerprint density at radius 1 is 1.20 bits per heavy atom. The van der Waals surface area contributed by atoms with Crippen LogP contribution >= 0.6 is 24.0 Å². The van der Waals surface area contributed by atoms with E-state index in [2.05, 4.69) is 27.6 Å². The topological polar surface area (TPSA) is 67.4 Å². The third kappa shape index (κ3) is 13.7. The Hall–Kier alpha value is -0.160. The highest BCUT2D eigenvalue weighted by atomic mass is 127. The van der Waals surface area contributed by atoms with E-state index in [1.165, 1.54) is 6.42 Å². The summed E-state index contributed by atoms with van der Waals surface area (Å²) in [5.74, 6) is 0.855. The molecule has 1 saturated heterocycles. The fourth-order valence-corrected chi connectivity index (χ4v) is 2.51. The second kappa shape index (κ2) is 17.3. The van der Waals surface area contributed by atoms with Crippen molar-refractivity contribution in [2.24, 2.45) is 4.99 Å². The van der Waals surface area contributed by atoms with Crippen LogP contribution in [0.1, 0.15) is 25.7 Å². The molecule has 1 aliphatic rings. The molecule has 7 nitrogen and oxygen atoms in total. The summed E-state index contributed by atoms with van der Waals surface area (Å²) in [4.78, 5) is 6.51. The zero-order chi connectivity index (χ0) is 17.5. The molecule has 1 atom stereocenters. The second-order valence-corrected chi connectivity index (χ2v) is 6.14. The Bertz CT molecular complexity index is 329. The highest BCUT2D eigenvalue weighted by molar-refractivity contribution is 14.0. The molecule has 0 aromatic rings. The number of halogens is 1. The lowest BCUT2D eigenvalue weighted by Gasteiger charge is -2.17. The lowest BCUT2D eigenvalue weighted by molar-refractivity contribution is 0.0168. The highest BCUT2D eigenvalue weighted by Crippen LogP contribution is 2.11. The quantitative estimate of drug-likeness (QED) is 0.183. The van der Waals surface area contributed by atoms with Crippen LogP contribution in [0.5, 0.6) is 0 Å². The molecule has 0 spiro atoms. The fourth-order valence-electron chi connectivity index (χ4n) is 2.51. The maximum atomic E-state index is 5.65. The molecule has 1 aliphatic heterocycles. The molecular formula is C17H37IN4O3. The summed E-state index contributed by atoms with van der Waals surface area (Å²) in [7, 11) is 5.65. The smallest absolute Gasteiger partial charge is 0.190 e. The minimum absolute atomic E-state index is 0. The van der Waals surface area contributed by atoms with Crippen LogP contribution in [0.25, 0.3) is 0 Å². The van der Waals surface area contributed by atoms with E-state index < -0.39 is 0 Å². The number of hydrogen-bond donors (Lipinski definition) is 2. The van der Waals surface area contributed by atoms with Crippen LogP contribution in [-0.4, -0.2) is 90.8 Å². The lowest BCUT2D eigenvalue weighted by Crippen LogP contribution is -2.39. The molecule has 1 unspecified atom stereocenters. The van der Waals surface area contributed by atoms with E-state index in [0.717, 1.165) is 77.8 Å². The number of likely N-dealkylation sites (N-methyl/N-ethyl adjacent to an activating group) is 1. The molecule has 1 fully saturated rings. The van der Waals surface area contributed by atoms with Crippen molar-refractivity contribution in [2.45, 2.75) is 31.8 Å². The Balaban J connectivity index is 0.00000576. The average Bonchev–Trinajstić information content (AvgIpc) is 3.11. The molecule has 0 aliphatic carbocycles. The van der Waals surface area contributed by atoms with Crippen molar-refractivity contribution in [3.05, 3.63) is 0 Å². The molecular weight excluding hydrogens is 435 g/mol. The fraction of sp³-hybridized carbons (Fsp3) is 0.941. The van der Waals surface area contributed by atoms with Gasteiger partial charge in [0.15, 0.2) is 5.96 Å². The van der Waals surface area contributed by atoms with Gasteiger partial charge >= 0.3 is 0 Å². The van der Waals surface area contributed by atoms with Gasteiger partial charge in [-0.2, -0.15) is 0 Å². The van der Waals surface area contributed by atoms with Gasteiger partial charge in [-0.05, 0) is 39.3 Å². The normalized spacial score (nSPS) is 17.6. The summed E-state index contributed by atoms with van der Waals surface area (Å²) in [6.07, 6.45) is 4.66. The van der Waals surface area contributed by atoms with E-state index in [1.54, 1.807) is 14.2 Å². The first kappa shape index (κ1) is 24.8. The molecule has 1 rings (SSSR count). The van der Waals surface area contributed by atoms with Crippen LogP contribution in [0.3, 0.4) is 0 Å². The van der Waals surface area contributed by atoms with E-state index >= 15 is 0 Å². The Labute approximate surface area is 170 Å². The van der Waals surface area contributed by atoms with Gasteiger partial charge in [-0.15, -0.1) is 24.0 Å². The van der Waals surface area contributed by atoms with Crippen LogP contribution in [0.4, 0.5) is 0 Å². The Morgan fingerprint density at radius 2 is 1.96 bits per heavy atom. The number of nitrogens with one attached hydrogen (secondary N) is 2. The molecule has 0 aromatic heterocycles. The first-order chi connectivity index (χ1) is 11.8. The summed E-state index contributed by atoms with van der Waals surface area (Å²) in [5, 5.41) is 6.65. The van der Waals surface area contributed by atoms with Crippen molar-refractivity contribution in [2.75, 3.05) is 73.8 Å². The van der Waals surface area contributed by atoms with Crippen molar-refractivity contribution < 1.29 is 14.2 Å². The van der Waals surface area contributed by atoms with Crippen LogP contribution in [-0.2, 0) is 14.2 Å². The summed E-state index contributed by atoms with van der Waals surface area (Å²) < 4.78 is 16.2. The second-order valence-electron chi connectivity index (χ2n) is 6.14. The van der Waals surface area contributed by atoms with Gasteiger partial charge in [-0.1, -0.05) is 0 Å². The van der Waals surface area contributed by atoms with Crippen LogP contribution in [0, 0.1) is 0 Å².